The highest BCUT2D eigenvalue weighted by Crippen LogP contribution is 2.13. The summed E-state index contributed by atoms with van der Waals surface area (Å²) in [5.41, 5.74) is -0.307. The molecule has 1 aromatic rings. The van der Waals surface area contributed by atoms with Crippen molar-refractivity contribution >= 4 is 21.8 Å². The molecule has 9 nitrogen and oxygen atoms in total. The van der Waals surface area contributed by atoms with Gasteiger partial charge in [-0.15, -0.1) is 0 Å². The van der Waals surface area contributed by atoms with Crippen LogP contribution in [0.5, 0.6) is 0 Å². The molecule has 134 valence electrons. The lowest BCUT2D eigenvalue weighted by Gasteiger charge is -2.19. The molecule has 0 aliphatic carbocycles. The number of benzene rings is 1. The maximum atomic E-state index is 11.9. The number of carbonyl (C=O) groups excluding carboxylic acids is 1. The number of ether oxygens (including phenoxy) is 1. The van der Waals surface area contributed by atoms with Crippen LogP contribution in [0.25, 0.3) is 0 Å². The molecular weight excluding hydrogens is 338 g/mol. The van der Waals surface area contributed by atoms with E-state index in [0.717, 1.165) is 0 Å². The molecule has 0 aliphatic rings. The molecule has 0 atom stereocenters. The second-order valence-corrected chi connectivity index (χ2v) is 7.81. The molecule has 0 aromatic heterocycles. The quantitative estimate of drug-likeness (QED) is 0.432. The number of alkyl carbamates (subject to hydrolysis) is 1. The van der Waals surface area contributed by atoms with E-state index in [9.17, 15) is 23.3 Å². The van der Waals surface area contributed by atoms with Gasteiger partial charge in [0.2, 0.25) is 10.0 Å². The van der Waals surface area contributed by atoms with Crippen LogP contribution in [0, 0.1) is 10.1 Å². The van der Waals surface area contributed by atoms with Gasteiger partial charge in [-0.05, 0) is 26.3 Å². The zero-order valence-corrected chi connectivity index (χ0v) is 14.6. The van der Waals surface area contributed by atoms with Crippen LogP contribution in [-0.2, 0) is 20.5 Å². The topological polar surface area (TPSA) is 128 Å². The summed E-state index contributed by atoms with van der Waals surface area (Å²) in [4.78, 5) is 21.4. The molecule has 0 unspecified atom stereocenters. The monoisotopic (exact) mass is 359 g/mol. The molecule has 0 saturated heterocycles. The summed E-state index contributed by atoms with van der Waals surface area (Å²) >= 11 is 0. The van der Waals surface area contributed by atoms with Gasteiger partial charge in [0.05, 0.1) is 10.7 Å². The maximum absolute atomic E-state index is 11.9. The molecule has 0 heterocycles. The standard InChI is InChI=1S/C14H21N3O6S/c1-14(2,3)23-13(18)15-8-9-16-24(21,22)10-11-4-6-12(7-5-11)17(19)20/h4-7,16H,8-10H2,1-3H3,(H,15,18). The number of nitro benzene ring substituents is 1. The Bertz CT molecular complexity index is 679. The van der Waals surface area contributed by atoms with E-state index >= 15 is 0 Å². The Labute approximate surface area is 140 Å². The molecule has 1 amide bonds. The Morgan fingerprint density at radius 2 is 1.79 bits per heavy atom. The molecule has 0 bridgehead atoms. The molecule has 0 spiro atoms. The summed E-state index contributed by atoms with van der Waals surface area (Å²) in [5.74, 6) is -0.308. The van der Waals surface area contributed by atoms with Gasteiger partial charge >= 0.3 is 6.09 Å². The highest BCUT2D eigenvalue weighted by molar-refractivity contribution is 7.88. The van der Waals surface area contributed by atoms with Crippen molar-refractivity contribution in [3.05, 3.63) is 39.9 Å². The van der Waals surface area contributed by atoms with E-state index in [2.05, 4.69) is 10.0 Å². The molecule has 0 fully saturated rings. The minimum atomic E-state index is -3.61. The molecule has 10 heteroatoms. The first-order valence-electron chi connectivity index (χ1n) is 7.16. The van der Waals surface area contributed by atoms with E-state index in [4.69, 9.17) is 4.74 Å². The lowest BCUT2D eigenvalue weighted by molar-refractivity contribution is -0.384. The normalized spacial score (nSPS) is 11.8. The zero-order chi connectivity index (χ0) is 18.4. The van der Waals surface area contributed by atoms with Crippen molar-refractivity contribution in [2.45, 2.75) is 32.1 Å². The van der Waals surface area contributed by atoms with Gasteiger partial charge in [-0.2, -0.15) is 0 Å². The molecule has 1 aromatic carbocycles. The molecule has 0 radical (unpaired) electrons. The molecule has 1 rings (SSSR count). The third-order valence-corrected chi connectivity index (χ3v) is 3.98. The largest absolute Gasteiger partial charge is 0.444 e. The van der Waals surface area contributed by atoms with Gasteiger partial charge in [0, 0.05) is 25.2 Å². The second kappa shape index (κ2) is 8.06. The van der Waals surface area contributed by atoms with Crippen LogP contribution < -0.4 is 10.0 Å². The van der Waals surface area contributed by atoms with Gasteiger partial charge in [-0.3, -0.25) is 10.1 Å². The van der Waals surface area contributed by atoms with E-state index < -0.39 is 26.6 Å². The van der Waals surface area contributed by atoms with Crippen LogP contribution in [0.2, 0.25) is 0 Å². The first-order valence-corrected chi connectivity index (χ1v) is 8.81. The Balaban J connectivity index is 2.41. The van der Waals surface area contributed by atoms with Crippen LogP contribution >= 0.6 is 0 Å². The van der Waals surface area contributed by atoms with Gasteiger partial charge < -0.3 is 10.1 Å². The highest BCUT2D eigenvalue weighted by atomic mass is 32.2. The van der Waals surface area contributed by atoms with Gasteiger partial charge in [0.1, 0.15) is 5.60 Å². The van der Waals surface area contributed by atoms with Crippen molar-refractivity contribution in [2.24, 2.45) is 0 Å². The Kier molecular flexibility index (Phi) is 6.67. The summed E-state index contributed by atoms with van der Waals surface area (Å²) in [6, 6.07) is 5.26. The number of non-ortho nitro benzene ring substituents is 1. The second-order valence-electron chi connectivity index (χ2n) is 6.01. The van der Waals surface area contributed by atoms with Gasteiger partial charge in [-0.25, -0.2) is 17.9 Å². The predicted octanol–water partition coefficient (Wildman–Crippen LogP) is 1.54. The van der Waals surface area contributed by atoms with Crippen LogP contribution in [-0.4, -0.2) is 38.1 Å². The number of rotatable bonds is 7. The van der Waals surface area contributed by atoms with Crippen molar-refractivity contribution in [2.75, 3.05) is 13.1 Å². The summed E-state index contributed by atoms with van der Waals surface area (Å²) < 4.78 is 31.2. The van der Waals surface area contributed by atoms with Crippen molar-refractivity contribution < 1.29 is 22.9 Å². The summed E-state index contributed by atoms with van der Waals surface area (Å²) in [7, 11) is -3.61. The smallest absolute Gasteiger partial charge is 0.407 e. The zero-order valence-electron chi connectivity index (χ0n) is 13.7. The maximum Gasteiger partial charge on any atom is 0.407 e. The summed E-state index contributed by atoms with van der Waals surface area (Å²) in [6.07, 6.45) is -0.628. The fourth-order valence-corrected chi connectivity index (χ4v) is 2.82. The fourth-order valence-electron chi connectivity index (χ4n) is 1.67. The Morgan fingerprint density at radius 1 is 1.21 bits per heavy atom. The Hall–Kier alpha value is -2.20. The minimum Gasteiger partial charge on any atom is -0.444 e. The lowest BCUT2D eigenvalue weighted by atomic mass is 10.2. The summed E-state index contributed by atoms with van der Waals surface area (Å²) in [6.45, 7) is 5.25. The van der Waals surface area contributed by atoms with Gasteiger partial charge in [0.25, 0.3) is 5.69 Å². The van der Waals surface area contributed by atoms with Crippen LogP contribution in [0.15, 0.2) is 24.3 Å². The van der Waals surface area contributed by atoms with E-state index in [0.29, 0.717) is 5.56 Å². The number of hydrogen-bond acceptors (Lipinski definition) is 6. The molecular formula is C14H21N3O6S. The SMILES string of the molecule is CC(C)(C)OC(=O)NCCNS(=O)(=O)Cc1ccc([N+](=O)[O-])cc1. The minimum absolute atomic E-state index is 0.00849. The van der Waals surface area contributed by atoms with E-state index in [1.807, 2.05) is 0 Å². The van der Waals surface area contributed by atoms with Gasteiger partial charge in [-0.1, -0.05) is 12.1 Å². The number of amides is 1. The molecule has 2 N–H and O–H groups in total. The molecule has 0 aliphatic heterocycles. The number of nitrogens with one attached hydrogen (secondary N) is 2. The number of carbonyl (C=O) groups is 1. The van der Waals surface area contributed by atoms with Crippen molar-refractivity contribution in [1.82, 2.24) is 10.0 Å². The molecule has 24 heavy (non-hydrogen) atoms. The first-order chi connectivity index (χ1) is 11.0. The number of sulfonamides is 1. The first kappa shape index (κ1) is 19.8. The van der Waals surface area contributed by atoms with E-state index in [1.165, 1.54) is 24.3 Å². The average Bonchev–Trinajstić information content (AvgIpc) is 2.42. The number of nitrogens with zero attached hydrogens (tertiary/aromatic N) is 1. The summed E-state index contributed by atoms with van der Waals surface area (Å²) in [5, 5.41) is 13.0. The predicted molar refractivity (Wildman–Crippen MR) is 88.0 cm³/mol. The number of hydrogen-bond donors (Lipinski definition) is 2. The van der Waals surface area contributed by atoms with Crippen molar-refractivity contribution in [3.63, 3.8) is 0 Å². The molecule has 0 saturated carbocycles. The van der Waals surface area contributed by atoms with Crippen molar-refractivity contribution in [3.8, 4) is 0 Å². The third kappa shape index (κ3) is 7.88. The van der Waals surface area contributed by atoms with Crippen molar-refractivity contribution in [1.29, 1.82) is 0 Å². The fraction of sp³-hybridized carbons (Fsp3) is 0.500. The van der Waals surface area contributed by atoms with Crippen LogP contribution in [0.3, 0.4) is 0 Å². The van der Waals surface area contributed by atoms with E-state index in [1.54, 1.807) is 20.8 Å². The third-order valence-electron chi connectivity index (χ3n) is 2.62. The lowest BCUT2D eigenvalue weighted by Crippen LogP contribution is -2.38. The Morgan fingerprint density at radius 3 is 2.29 bits per heavy atom. The van der Waals surface area contributed by atoms with Gasteiger partial charge in [0.15, 0.2) is 0 Å². The average molecular weight is 359 g/mol. The number of nitro groups is 1. The van der Waals surface area contributed by atoms with Crippen LogP contribution in [0.4, 0.5) is 10.5 Å². The highest BCUT2D eigenvalue weighted by Gasteiger charge is 2.16. The van der Waals surface area contributed by atoms with Crippen LogP contribution in [0.1, 0.15) is 26.3 Å². The van der Waals surface area contributed by atoms with E-state index in [-0.39, 0.29) is 24.5 Å².